The van der Waals surface area contributed by atoms with Gasteiger partial charge in [0.1, 0.15) is 69.7 Å². The molecule has 14 rings (SSSR count). The number of methoxy groups -OCH3 is 4. The number of benzene rings is 10. The number of aromatic amines is 1. The number of ether oxygens (including phenoxy) is 8. The van der Waals surface area contributed by atoms with Gasteiger partial charge in [0, 0.05) is 68.3 Å². The number of phenols is 1. The van der Waals surface area contributed by atoms with Crippen LogP contribution in [-0.2, 0) is 41.4 Å². The predicted molar refractivity (Wildman–Crippen MR) is 426 cm³/mol. The maximum absolute atomic E-state index is 13.0. The van der Waals surface area contributed by atoms with Crippen molar-refractivity contribution in [1.82, 2.24) is 4.98 Å². The molecule has 1 fully saturated rings. The molecule has 624 valence electrons. The van der Waals surface area contributed by atoms with Crippen LogP contribution >= 0.6 is 0 Å². The number of nitrogens with zero attached hydrogens (tertiary/aromatic N) is 1. The molecule has 0 aliphatic carbocycles. The molecular weight excluding hydrogens is 1560 g/mol. The zero-order chi connectivity index (χ0) is 87.4. The number of aldehydes is 1. The van der Waals surface area contributed by atoms with Crippen molar-refractivity contribution in [3.63, 3.8) is 0 Å². The Bertz CT molecular complexity index is 5390. The van der Waals surface area contributed by atoms with Gasteiger partial charge in [-0.3, -0.25) is 29.5 Å². The van der Waals surface area contributed by atoms with Crippen LogP contribution in [0, 0.1) is 39.2 Å². The molecule has 10 aromatic carbocycles. The molecule has 1 saturated heterocycles. The summed E-state index contributed by atoms with van der Waals surface area (Å²) >= 11 is 0. The average molecular weight is 1650 g/mol. The standard InChI is InChI=1S/C15H10FNO5.C15H10FNO4.C15H14FNO3.C15H11FO3.C8H8O3.C7H5FO.C4H11N.C4H6O3.C4H8O/c1-21-11-7-6-10(17(19)20)12-13(11)14(22-15(12)18)8-2-4-9(16)5-3-8;16-9-3-1-8(2-4-9)7-10-12(18)6-5-11-13(10)14(19)21-15(20)17-11;1-20-13-7-6-12(17)14(15(18)19)11(13)8-9-2-4-10(16)5-3-9;1-18-12-4-2-3-11-13(12)14(19-15(11)17)9-5-7-10(16)8-6-9;1-11-7-4-2-3-6(5-7)8(9)10;8-7-3-1-6(5-9)2-4-7;1-2-3-4-5;1-3(5)7-4(2)6;1-2-4-5-3-1/h2-7,14H,1H3;1-6,18H,7H2,(H,17,20);2-7H,8,17H2,1H3,(H,18,19);2-8,14H,1H3;2-5H,1H3,(H,9,10);1-5H;2-5H2,1H3;1-2H3;1-4H2. The summed E-state index contributed by atoms with van der Waals surface area (Å²) in [5, 5.41) is 39.0. The van der Waals surface area contributed by atoms with Gasteiger partial charge in [-0.05, 0) is 182 Å². The summed E-state index contributed by atoms with van der Waals surface area (Å²) in [7, 11) is 5.90. The zero-order valence-corrected chi connectivity index (χ0v) is 65.1. The Balaban J connectivity index is 0.000000216. The van der Waals surface area contributed by atoms with E-state index in [1.165, 1.54) is 188 Å². The highest BCUT2D eigenvalue weighted by Crippen LogP contribution is 2.46. The van der Waals surface area contributed by atoms with Crippen molar-refractivity contribution < 1.29 is 118 Å². The molecule has 0 bridgehead atoms. The molecule has 0 spiro atoms. The zero-order valence-electron chi connectivity index (χ0n) is 65.1. The van der Waals surface area contributed by atoms with E-state index in [-0.39, 0.29) is 85.9 Å². The monoisotopic (exact) mass is 1650 g/mol. The Morgan fingerprint density at radius 1 is 0.588 bits per heavy atom. The highest BCUT2D eigenvalue weighted by Gasteiger charge is 2.41. The van der Waals surface area contributed by atoms with Crippen molar-refractivity contribution in [3.8, 4) is 28.7 Å². The van der Waals surface area contributed by atoms with E-state index in [4.69, 9.17) is 49.7 Å². The van der Waals surface area contributed by atoms with E-state index in [0.29, 0.717) is 74.6 Å². The molecule has 1 aromatic heterocycles. The Morgan fingerprint density at radius 2 is 1.08 bits per heavy atom. The van der Waals surface area contributed by atoms with Crippen LogP contribution < -0.4 is 41.8 Å². The number of esters is 4. The van der Waals surface area contributed by atoms with Gasteiger partial charge < -0.3 is 69.1 Å². The van der Waals surface area contributed by atoms with Crippen LogP contribution in [0.1, 0.15) is 155 Å². The van der Waals surface area contributed by atoms with E-state index in [0.717, 1.165) is 30.9 Å². The minimum atomic E-state index is -1.11. The normalized spacial score (nSPS) is 12.7. The van der Waals surface area contributed by atoms with Crippen LogP contribution in [0.5, 0.6) is 28.7 Å². The van der Waals surface area contributed by atoms with Gasteiger partial charge in [-0.1, -0.05) is 74.0 Å². The SMILES string of the molecule is C1CCOC1.CC(=O)OC(C)=O.CCCCN.COc1ccc(N)c(C(=O)O)c1Cc1ccc(F)cc1.COc1ccc([N+](=O)[O-])c2c1C(c1ccc(F)cc1)OC2=O.COc1cccc(C(=O)O)c1.COc1cccc2c1C(c1ccc(F)cc1)OC2=O.O=Cc1ccc(F)cc1.O=c1[nH]c2ccc(O)c(Cc3ccc(F)cc3)c2c(=O)o1. The summed E-state index contributed by atoms with van der Waals surface area (Å²) in [4.78, 5) is 111. The van der Waals surface area contributed by atoms with Crippen molar-refractivity contribution in [1.29, 1.82) is 0 Å². The average Bonchev–Trinajstić information content (AvgIpc) is 1.63. The third-order valence-electron chi connectivity index (χ3n) is 16.9. The topological polar surface area (TPSA) is 412 Å². The summed E-state index contributed by atoms with van der Waals surface area (Å²) in [5.41, 5.74) is 15.8. The van der Waals surface area contributed by atoms with Crippen molar-refractivity contribution in [3.05, 3.63) is 333 Å². The first-order chi connectivity index (χ1) is 56.9. The number of halogens is 5. The van der Waals surface area contributed by atoms with Gasteiger partial charge in [0.25, 0.3) is 5.69 Å². The fraction of sp³-hybridized carbons (Fsp3) is 0.207. The smallest absolute Gasteiger partial charge is 0.419 e. The fourth-order valence-electron chi connectivity index (χ4n) is 11.3. The van der Waals surface area contributed by atoms with Crippen molar-refractivity contribution >= 4 is 64.4 Å². The number of carbonyl (C=O) groups is 7. The Kier molecular flexibility index (Phi) is 36.8. The number of rotatable bonds is 16. The van der Waals surface area contributed by atoms with Crippen LogP contribution in [-0.4, -0.2) is 116 Å². The third kappa shape index (κ3) is 28.0. The van der Waals surface area contributed by atoms with Crippen LogP contribution in [0.4, 0.5) is 33.3 Å². The molecule has 27 nitrogen and oxygen atoms in total. The second-order valence-electron chi connectivity index (χ2n) is 25.1. The summed E-state index contributed by atoms with van der Waals surface area (Å²) in [5.74, 6) is -5.19. The molecule has 0 amide bonds. The van der Waals surface area contributed by atoms with E-state index in [1.54, 1.807) is 79.9 Å². The maximum Gasteiger partial charge on any atom is 0.419 e. The van der Waals surface area contributed by atoms with E-state index in [2.05, 4.69) is 21.1 Å². The van der Waals surface area contributed by atoms with Crippen molar-refractivity contribution in [2.24, 2.45) is 5.73 Å². The highest BCUT2D eigenvalue weighted by atomic mass is 19.1. The van der Waals surface area contributed by atoms with Gasteiger partial charge >= 0.3 is 47.2 Å². The number of hydrogen-bond donors (Lipinski definition) is 6. The third-order valence-corrected chi connectivity index (χ3v) is 16.9. The molecule has 3 aliphatic heterocycles. The summed E-state index contributed by atoms with van der Waals surface area (Å²) in [6, 6.07) is 48.3. The number of cyclic esters (lactones) is 2. The number of aromatic hydroxyl groups is 1. The minimum absolute atomic E-state index is 0.0219. The number of aromatic carboxylic acids is 2. The Labute approximate surface area is 677 Å². The largest absolute Gasteiger partial charge is 0.508 e. The minimum Gasteiger partial charge on any atom is -0.508 e. The number of anilines is 1. The first-order valence-corrected chi connectivity index (χ1v) is 36.0. The number of nitro benzene ring substituents is 1. The summed E-state index contributed by atoms with van der Waals surface area (Å²) in [6.45, 7) is 7.34. The number of hydrogen-bond acceptors (Lipinski definition) is 23. The number of carbonyl (C=O) groups excluding carboxylic acids is 5. The van der Waals surface area contributed by atoms with Gasteiger partial charge in [0.05, 0.1) is 72.1 Å². The number of nitrogens with two attached hydrogens (primary N) is 2. The molecular formula is C87H83F5N4O23. The van der Waals surface area contributed by atoms with Crippen molar-refractivity contribution in [2.75, 3.05) is 53.9 Å². The van der Waals surface area contributed by atoms with E-state index >= 15 is 0 Å². The number of fused-ring (bicyclic) bond motifs is 3. The lowest BCUT2D eigenvalue weighted by atomic mass is 9.97. The molecule has 4 heterocycles. The van der Waals surface area contributed by atoms with E-state index < -0.39 is 64.2 Å². The van der Waals surface area contributed by atoms with Crippen LogP contribution in [0.3, 0.4) is 0 Å². The molecule has 0 radical (unpaired) electrons. The number of nitro groups is 1. The lowest BCUT2D eigenvalue weighted by Crippen LogP contribution is -2.16. The van der Waals surface area contributed by atoms with Crippen LogP contribution in [0.2, 0.25) is 0 Å². The maximum atomic E-state index is 13.0. The number of nitrogen functional groups attached to an aromatic ring is 1. The number of carboxylic acids is 2. The fourth-order valence-corrected chi connectivity index (χ4v) is 11.3. The van der Waals surface area contributed by atoms with Crippen LogP contribution in [0.15, 0.2) is 214 Å². The first-order valence-electron chi connectivity index (χ1n) is 36.0. The number of unbranched alkanes of at least 4 members (excludes halogenated alkanes) is 1. The molecule has 8 N–H and O–H groups in total. The quantitative estimate of drug-likeness (QED) is 0.00764. The lowest BCUT2D eigenvalue weighted by molar-refractivity contribution is -0.385. The number of aromatic nitrogens is 1. The lowest BCUT2D eigenvalue weighted by Gasteiger charge is -2.13. The van der Waals surface area contributed by atoms with Crippen molar-refractivity contribution in [2.45, 2.75) is 71.5 Å². The summed E-state index contributed by atoms with van der Waals surface area (Å²) in [6.07, 6.45) is 4.73. The number of phenolic OH excluding ortho intramolecular Hbond substituents is 1. The van der Waals surface area contributed by atoms with E-state index in [9.17, 15) is 85.4 Å². The number of nitrogens with one attached hydrogen (secondary N) is 1. The molecule has 0 saturated carbocycles. The Morgan fingerprint density at radius 3 is 1.52 bits per heavy atom. The molecule has 11 aromatic rings. The van der Waals surface area contributed by atoms with Gasteiger partial charge in [0.2, 0.25) is 0 Å². The van der Waals surface area contributed by atoms with Gasteiger partial charge in [-0.2, -0.15) is 0 Å². The molecule has 2 unspecified atom stereocenters. The number of carboxylic acid groups (broad SMARTS) is 2. The first kappa shape index (κ1) is 93.5. The Hall–Kier alpha value is -14.4. The molecule has 2 atom stereocenters. The van der Waals surface area contributed by atoms with Gasteiger partial charge in [-0.15, -0.1) is 0 Å². The van der Waals surface area contributed by atoms with E-state index in [1.807, 2.05) is 0 Å². The highest BCUT2D eigenvalue weighted by molar-refractivity contribution is 6.00. The number of H-pyrrole nitrogens is 1. The summed E-state index contributed by atoms with van der Waals surface area (Å²) < 4.78 is 108. The molecule has 32 heteroatoms. The van der Waals surface area contributed by atoms with Gasteiger partial charge in [-0.25, -0.2) is 50.7 Å². The van der Waals surface area contributed by atoms with Crippen LogP contribution in [0.25, 0.3) is 10.9 Å². The second-order valence-corrected chi connectivity index (χ2v) is 25.1. The predicted octanol–water partition coefficient (Wildman–Crippen LogP) is 15.4. The van der Waals surface area contributed by atoms with Gasteiger partial charge in [0.15, 0.2) is 12.2 Å². The molecule has 3 aliphatic rings. The second kappa shape index (κ2) is 46.8. The molecule has 119 heavy (non-hydrogen) atoms.